The van der Waals surface area contributed by atoms with Crippen LogP contribution < -0.4 is 10.6 Å². The van der Waals surface area contributed by atoms with E-state index >= 15 is 0 Å². The average molecular weight is 363 g/mol. The number of amides is 2. The Kier molecular flexibility index (Phi) is 4.99. The third-order valence-electron chi connectivity index (χ3n) is 4.43. The highest BCUT2D eigenvalue weighted by Gasteiger charge is 2.24. The number of aromatic nitrogens is 3. The number of benzene rings is 1. The number of nitrogens with zero attached hydrogens (tertiary/aromatic N) is 4. The SMILES string of the molecule is Cn1nc(C(C)(C)C)cc1N(C(N)=O)c1ccc(Cc2ccncc2)cc1. The number of urea groups is 1. The molecule has 0 saturated heterocycles. The van der Waals surface area contributed by atoms with Crippen molar-refractivity contribution >= 4 is 17.5 Å². The van der Waals surface area contributed by atoms with Crippen LogP contribution in [0, 0.1) is 0 Å². The molecule has 0 aliphatic heterocycles. The number of primary amides is 1. The largest absolute Gasteiger partial charge is 0.351 e. The lowest BCUT2D eigenvalue weighted by atomic mass is 9.92. The summed E-state index contributed by atoms with van der Waals surface area (Å²) in [7, 11) is 1.82. The number of rotatable bonds is 4. The Hall–Kier alpha value is -3.15. The summed E-state index contributed by atoms with van der Waals surface area (Å²) < 4.78 is 1.69. The number of anilines is 2. The van der Waals surface area contributed by atoms with Crippen LogP contribution in [0.1, 0.15) is 37.6 Å². The van der Waals surface area contributed by atoms with E-state index in [1.165, 1.54) is 10.5 Å². The molecule has 0 radical (unpaired) electrons. The molecule has 0 bridgehead atoms. The Bertz CT molecular complexity index is 923. The second-order valence-corrected chi connectivity index (χ2v) is 7.63. The van der Waals surface area contributed by atoms with Crippen LogP contribution in [-0.4, -0.2) is 20.8 Å². The van der Waals surface area contributed by atoms with Gasteiger partial charge in [-0.25, -0.2) is 9.69 Å². The van der Waals surface area contributed by atoms with E-state index in [2.05, 4.69) is 30.9 Å². The smallest absolute Gasteiger partial charge is 0.325 e. The van der Waals surface area contributed by atoms with Crippen molar-refractivity contribution in [1.82, 2.24) is 14.8 Å². The monoisotopic (exact) mass is 363 g/mol. The fourth-order valence-corrected chi connectivity index (χ4v) is 2.90. The zero-order valence-electron chi connectivity index (χ0n) is 16.2. The van der Waals surface area contributed by atoms with Gasteiger partial charge in [-0.1, -0.05) is 32.9 Å². The zero-order valence-corrected chi connectivity index (χ0v) is 16.2. The van der Waals surface area contributed by atoms with Crippen LogP contribution in [0.25, 0.3) is 0 Å². The fraction of sp³-hybridized carbons (Fsp3) is 0.286. The number of hydrogen-bond acceptors (Lipinski definition) is 3. The van der Waals surface area contributed by atoms with Crippen molar-refractivity contribution in [1.29, 1.82) is 0 Å². The Labute approximate surface area is 159 Å². The summed E-state index contributed by atoms with van der Waals surface area (Å²) in [6.07, 6.45) is 4.38. The number of carbonyl (C=O) groups excluding carboxylic acids is 1. The van der Waals surface area contributed by atoms with E-state index in [0.717, 1.165) is 17.7 Å². The molecular formula is C21H25N5O. The van der Waals surface area contributed by atoms with Crippen molar-refractivity contribution in [3.05, 3.63) is 71.7 Å². The lowest BCUT2D eigenvalue weighted by Crippen LogP contribution is -2.32. The van der Waals surface area contributed by atoms with E-state index in [0.29, 0.717) is 11.5 Å². The second-order valence-electron chi connectivity index (χ2n) is 7.63. The molecule has 1 aromatic carbocycles. The first kappa shape index (κ1) is 18.6. The maximum absolute atomic E-state index is 12.2. The van der Waals surface area contributed by atoms with Gasteiger partial charge >= 0.3 is 6.03 Å². The van der Waals surface area contributed by atoms with Gasteiger partial charge in [-0.15, -0.1) is 0 Å². The Morgan fingerprint density at radius 3 is 2.19 bits per heavy atom. The molecule has 140 valence electrons. The molecule has 0 atom stereocenters. The minimum atomic E-state index is -0.541. The molecule has 2 aromatic heterocycles. The fourth-order valence-electron chi connectivity index (χ4n) is 2.90. The molecule has 6 nitrogen and oxygen atoms in total. The van der Waals surface area contributed by atoms with Crippen LogP contribution >= 0.6 is 0 Å². The molecular weight excluding hydrogens is 338 g/mol. The molecule has 3 aromatic rings. The molecule has 0 fully saturated rings. The van der Waals surface area contributed by atoms with E-state index in [-0.39, 0.29) is 5.41 Å². The molecule has 27 heavy (non-hydrogen) atoms. The molecule has 2 heterocycles. The van der Waals surface area contributed by atoms with Crippen LogP contribution in [0.2, 0.25) is 0 Å². The maximum Gasteiger partial charge on any atom is 0.325 e. The van der Waals surface area contributed by atoms with Gasteiger partial charge in [0.2, 0.25) is 0 Å². The van der Waals surface area contributed by atoms with Crippen LogP contribution in [0.3, 0.4) is 0 Å². The highest BCUT2D eigenvalue weighted by Crippen LogP contribution is 2.30. The van der Waals surface area contributed by atoms with Crippen molar-refractivity contribution in [3.8, 4) is 0 Å². The van der Waals surface area contributed by atoms with Gasteiger partial charge in [-0.2, -0.15) is 5.10 Å². The third-order valence-corrected chi connectivity index (χ3v) is 4.43. The molecule has 0 unspecified atom stereocenters. The van der Waals surface area contributed by atoms with Gasteiger partial charge in [0, 0.05) is 30.9 Å². The van der Waals surface area contributed by atoms with Crippen molar-refractivity contribution in [2.75, 3.05) is 4.90 Å². The molecule has 2 amide bonds. The minimum absolute atomic E-state index is 0.117. The first-order chi connectivity index (χ1) is 12.8. The predicted octanol–water partition coefficient (Wildman–Crippen LogP) is 3.92. The zero-order chi connectivity index (χ0) is 19.6. The summed E-state index contributed by atoms with van der Waals surface area (Å²) in [6, 6.07) is 13.2. The lowest BCUT2D eigenvalue weighted by Gasteiger charge is -2.20. The molecule has 2 N–H and O–H groups in total. The molecule has 0 aliphatic carbocycles. The van der Waals surface area contributed by atoms with E-state index in [1.54, 1.807) is 17.1 Å². The summed E-state index contributed by atoms with van der Waals surface area (Å²) in [5.74, 6) is 0.648. The van der Waals surface area contributed by atoms with Crippen molar-refractivity contribution in [3.63, 3.8) is 0 Å². The van der Waals surface area contributed by atoms with Gasteiger partial charge in [0.1, 0.15) is 5.82 Å². The van der Waals surface area contributed by atoms with Crippen LogP contribution in [0.4, 0.5) is 16.3 Å². The summed E-state index contributed by atoms with van der Waals surface area (Å²) in [6.45, 7) is 6.25. The summed E-state index contributed by atoms with van der Waals surface area (Å²) in [4.78, 5) is 17.7. The number of carbonyl (C=O) groups is 1. The number of hydrogen-bond donors (Lipinski definition) is 1. The first-order valence-electron chi connectivity index (χ1n) is 8.87. The number of pyridine rings is 1. The molecule has 0 saturated carbocycles. The van der Waals surface area contributed by atoms with E-state index in [4.69, 9.17) is 5.73 Å². The van der Waals surface area contributed by atoms with E-state index in [9.17, 15) is 4.79 Å². The highest BCUT2D eigenvalue weighted by molar-refractivity contribution is 5.97. The van der Waals surface area contributed by atoms with Crippen molar-refractivity contribution in [2.24, 2.45) is 12.8 Å². The van der Waals surface area contributed by atoms with Crippen molar-refractivity contribution in [2.45, 2.75) is 32.6 Å². The van der Waals surface area contributed by atoms with Gasteiger partial charge in [0.15, 0.2) is 0 Å². The minimum Gasteiger partial charge on any atom is -0.351 e. The van der Waals surface area contributed by atoms with Gasteiger partial charge in [0.05, 0.1) is 11.4 Å². The Balaban J connectivity index is 1.90. The second kappa shape index (κ2) is 7.23. The van der Waals surface area contributed by atoms with Crippen LogP contribution in [0.5, 0.6) is 0 Å². The van der Waals surface area contributed by atoms with Gasteiger partial charge in [-0.05, 0) is 41.8 Å². The van der Waals surface area contributed by atoms with Crippen LogP contribution in [0.15, 0.2) is 54.9 Å². The summed E-state index contributed by atoms with van der Waals surface area (Å²) >= 11 is 0. The molecule has 6 heteroatoms. The highest BCUT2D eigenvalue weighted by atomic mass is 16.2. The number of nitrogens with two attached hydrogens (primary N) is 1. The molecule has 0 spiro atoms. The van der Waals surface area contributed by atoms with Gasteiger partial charge < -0.3 is 5.73 Å². The lowest BCUT2D eigenvalue weighted by molar-refractivity contribution is 0.255. The Morgan fingerprint density at radius 1 is 1.07 bits per heavy atom. The topological polar surface area (TPSA) is 77.0 Å². The van der Waals surface area contributed by atoms with Crippen LogP contribution in [-0.2, 0) is 18.9 Å². The maximum atomic E-state index is 12.2. The van der Waals surface area contributed by atoms with E-state index < -0.39 is 6.03 Å². The normalized spacial score (nSPS) is 11.4. The molecule has 0 aliphatic rings. The summed E-state index contributed by atoms with van der Waals surface area (Å²) in [5.41, 5.74) is 9.52. The predicted molar refractivity (Wildman–Crippen MR) is 107 cm³/mol. The van der Waals surface area contributed by atoms with Crippen molar-refractivity contribution < 1.29 is 4.79 Å². The van der Waals surface area contributed by atoms with Gasteiger partial charge in [0.25, 0.3) is 0 Å². The number of aryl methyl sites for hydroxylation is 1. The molecule has 3 rings (SSSR count). The summed E-state index contributed by atoms with van der Waals surface area (Å²) in [5, 5.41) is 4.55. The van der Waals surface area contributed by atoms with Gasteiger partial charge in [-0.3, -0.25) is 9.67 Å². The quantitative estimate of drug-likeness (QED) is 0.763. The third kappa shape index (κ3) is 4.16. The standard InChI is InChI=1S/C21H25N5O/c1-21(2,3)18-14-19(25(4)24-18)26(20(22)27)17-7-5-15(6-8-17)13-16-9-11-23-12-10-16/h5-12,14H,13H2,1-4H3,(H2,22,27). The first-order valence-corrected chi connectivity index (χ1v) is 8.87. The van der Waals surface area contributed by atoms with E-state index in [1.807, 2.05) is 49.5 Å². The Morgan fingerprint density at radius 2 is 1.67 bits per heavy atom. The average Bonchev–Trinajstić information content (AvgIpc) is 2.99.